The Bertz CT molecular complexity index is 933. The number of carbonyl (C=O) groups is 1. The Kier molecular flexibility index (Phi) is 6.67. The molecule has 8 heteroatoms. The van der Waals surface area contributed by atoms with Crippen molar-refractivity contribution in [2.24, 2.45) is 4.99 Å². The summed E-state index contributed by atoms with van der Waals surface area (Å²) in [5.74, 6) is 0.473. The fraction of sp³-hybridized carbons (Fsp3) is 0.300. The summed E-state index contributed by atoms with van der Waals surface area (Å²) in [6, 6.07) is 8.03. The van der Waals surface area contributed by atoms with Crippen LogP contribution in [0.1, 0.15) is 23.0 Å². The number of nitrogens with zero attached hydrogens (tertiary/aromatic N) is 1. The zero-order chi connectivity index (χ0) is 19.8. The van der Waals surface area contributed by atoms with Gasteiger partial charge in [-0.25, -0.2) is 4.39 Å². The highest BCUT2D eigenvalue weighted by atomic mass is 19.1. The molecule has 0 saturated heterocycles. The number of aliphatic imine (C=N–C) groups is 1. The molecule has 4 N–H and O–H groups in total. The summed E-state index contributed by atoms with van der Waals surface area (Å²) in [4.78, 5) is 19.4. The van der Waals surface area contributed by atoms with E-state index >= 15 is 0 Å². The number of hydrogen-bond donors (Lipinski definition) is 4. The number of hydrogen-bond acceptors (Lipinski definition) is 3. The SMILES string of the molecule is CCNC(=NCCc1c[nH]c2cc(F)ccc12)NCCNC(=O)c1ccco1. The maximum absolute atomic E-state index is 13.3. The molecule has 0 atom stereocenters. The number of aromatic amines is 1. The zero-order valence-corrected chi connectivity index (χ0v) is 15.7. The molecule has 0 spiro atoms. The number of guanidine groups is 1. The van der Waals surface area contributed by atoms with E-state index in [1.165, 1.54) is 18.4 Å². The molecule has 0 bridgehead atoms. The Morgan fingerprint density at radius 2 is 2.07 bits per heavy atom. The number of aromatic nitrogens is 1. The molecule has 3 rings (SSSR count). The molecular weight excluding hydrogens is 361 g/mol. The van der Waals surface area contributed by atoms with E-state index in [1.807, 2.05) is 13.1 Å². The van der Waals surface area contributed by atoms with Crippen molar-refractivity contribution < 1.29 is 13.6 Å². The van der Waals surface area contributed by atoms with Crippen LogP contribution >= 0.6 is 0 Å². The van der Waals surface area contributed by atoms with Gasteiger partial charge in [0, 0.05) is 43.3 Å². The summed E-state index contributed by atoms with van der Waals surface area (Å²) in [6.45, 7) is 4.28. The lowest BCUT2D eigenvalue weighted by Crippen LogP contribution is -2.41. The van der Waals surface area contributed by atoms with Crippen molar-refractivity contribution >= 4 is 22.8 Å². The predicted molar refractivity (Wildman–Crippen MR) is 107 cm³/mol. The maximum atomic E-state index is 13.3. The van der Waals surface area contributed by atoms with Gasteiger partial charge in [-0.05, 0) is 49.2 Å². The number of fused-ring (bicyclic) bond motifs is 1. The van der Waals surface area contributed by atoms with Crippen LogP contribution < -0.4 is 16.0 Å². The smallest absolute Gasteiger partial charge is 0.287 e. The summed E-state index contributed by atoms with van der Waals surface area (Å²) in [5, 5.41) is 10.1. The van der Waals surface area contributed by atoms with Gasteiger partial charge >= 0.3 is 0 Å². The summed E-state index contributed by atoms with van der Waals surface area (Å²) >= 11 is 0. The summed E-state index contributed by atoms with van der Waals surface area (Å²) in [6.07, 6.45) is 4.09. The van der Waals surface area contributed by atoms with Crippen LogP contribution in [0.4, 0.5) is 4.39 Å². The molecule has 7 nitrogen and oxygen atoms in total. The van der Waals surface area contributed by atoms with Crippen LogP contribution in [0.5, 0.6) is 0 Å². The molecule has 0 aliphatic carbocycles. The maximum Gasteiger partial charge on any atom is 0.287 e. The van der Waals surface area contributed by atoms with E-state index in [2.05, 4.69) is 25.9 Å². The first kappa shape index (κ1) is 19.5. The second-order valence-corrected chi connectivity index (χ2v) is 6.17. The van der Waals surface area contributed by atoms with E-state index in [1.54, 1.807) is 18.2 Å². The number of halogens is 1. The highest BCUT2D eigenvalue weighted by Crippen LogP contribution is 2.19. The predicted octanol–water partition coefficient (Wildman–Crippen LogP) is 2.43. The fourth-order valence-electron chi connectivity index (χ4n) is 2.85. The average Bonchev–Trinajstić information content (AvgIpc) is 3.35. The van der Waals surface area contributed by atoms with Gasteiger partial charge in [-0.2, -0.15) is 0 Å². The lowest BCUT2D eigenvalue weighted by molar-refractivity contribution is 0.0926. The molecule has 0 fully saturated rings. The van der Waals surface area contributed by atoms with Crippen LogP contribution in [0, 0.1) is 5.82 Å². The first-order valence-corrected chi connectivity index (χ1v) is 9.26. The largest absolute Gasteiger partial charge is 0.459 e. The van der Waals surface area contributed by atoms with Gasteiger partial charge in [-0.3, -0.25) is 9.79 Å². The molecule has 2 aromatic heterocycles. The number of benzene rings is 1. The minimum Gasteiger partial charge on any atom is -0.459 e. The molecule has 28 heavy (non-hydrogen) atoms. The standard InChI is InChI=1S/C20H24FN5O2/c1-2-22-20(25-10-9-23-19(27)18-4-3-11-28-18)24-8-7-14-13-26-17-12-15(21)5-6-16(14)17/h3-6,11-13,26H,2,7-10H2,1H3,(H,23,27)(H2,22,24,25). The molecule has 0 unspecified atom stereocenters. The van der Waals surface area contributed by atoms with Crippen LogP contribution in [0.2, 0.25) is 0 Å². The van der Waals surface area contributed by atoms with Crippen molar-refractivity contribution in [3.8, 4) is 0 Å². The van der Waals surface area contributed by atoms with Crippen molar-refractivity contribution in [1.29, 1.82) is 0 Å². The van der Waals surface area contributed by atoms with Crippen molar-refractivity contribution in [3.05, 3.63) is 59.9 Å². The Morgan fingerprint density at radius 1 is 1.21 bits per heavy atom. The monoisotopic (exact) mass is 385 g/mol. The van der Waals surface area contributed by atoms with Crippen LogP contribution in [0.25, 0.3) is 10.9 Å². The molecule has 0 radical (unpaired) electrons. The number of H-pyrrole nitrogens is 1. The van der Waals surface area contributed by atoms with Crippen molar-refractivity contribution in [1.82, 2.24) is 20.9 Å². The summed E-state index contributed by atoms with van der Waals surface area (Å²) in [7, 11) is 0. The van der Waals surface area contributed by atoms with Crippen molar-refractivity contribution in [3.63, 3.8) is 0 Å². The first-order chi connectivity index (χ1) is 13.7. The Morgan fingerprint density at radius 3 is 2.86 bits per heavy atom. The van der Waals surface area contributed by atoms with E-state index in [0.29, 0.717) is 31.4 Å². The van der Waals surface area contributed by atoms with Crippen LogP contribution in [-0.2, 0) is 6.42 Å². The van der Waals surface area contributed by atoms with Crippen molar-refractivity contribution in [2.45, 2.75) is 13.3 Å². The third-order valence-electron chi connectivity index (χ3n) is 4.17. The second-order valence-electron chi connectivity index (χ2n) is 6.17. The average molecular weight is 385 g/mol. The molecule has 0 aliphatic heterocycles. The van der Waals surface area contributed by atoms with E-state index in [9.17, 15) is 9.18 Å². The van der Waals surface area contributed by atoms with Crippen LogP contribution in [0.15, 0.2) is 52.2 Å². The van der Waals surface area contributed by atoms with E-state index < -0.39 is 0 Å². The quantitative estimate of drug-likeness (QED) is 0.272. The lowest BCUT2D eigenvalue weighted by Gasteiger charge is -2.11. The molecule has 2 heterocycles. The third-order valence-corrected chi connectivity index (χ3v) is 4.17. The minimum atomic E-state index is -0.253. The fourth-order valence-corrected chi connectivity index (χ4v) is 2.85. The minimum absolute atomic E-state index is 0.246. The second kappa shape index (κ2) is 9.59. The van der Waals surface area contributed by atoms with E-state index in [4.69, 9.17) is 4.42 Å². The van der Waals surface area contributed by atoms with Gasteiger partial charge in [-0.1, -0.05) is 0 Å². The lowest BCUT2D eigenvalue weighted by atomic mass is 10.1. The Hall–Kier alpha value is -3.29. The number of amides is 1. The van der Waals surface area contributed by atoms with Gasteiger partial charge in [0.2, 0.25) is 0 Å². The normalized spacial score (nSPS) is 11.6. The zero-order valence-electron chi connectivity index (χ0n) is 15.7. The van der Waals surface area contributed by atoms with Gasteiger partial charge in [0.1, 0.15) is 5.82 Å². The highest BCUT2D eigenvalue weighted by Gasteiger charge is 2.07. The third kappa shape index (κ3) is 5.12. The Labute approximate surface area is 162 Å². The van der Waals surface area contributed by atoms with Crippen LogP contribution in [0.3, 0.4) is 0 Å². The number of furan rings is 1. The number of rotatable bonds is 8. The van der Waals surface area contributed by atoms with Gasteiger partial charge < -0.3 is 25.4 Å². The Balaban J connectivity index is 1.47. The van der Waals surface area contributed by atoms with E-state index in [-0.39, 0.29) is 11.7 Å². The van der Waals surface area contributed by atoms with Gasteiger partial charge in [0.25, 0.3) is 5.91 Å². The first-order valence-electron chi connectivity index (χ1n) is 9.26. The highest BCUT2D eigenvalue weighted by molar-refractivity contribution is 5.91. The van der Waals surface area contributed by atoms with Gasteiger partial charge in [0.15, 0.2) is 11.7 Å². The molecule has 0 aliphatic rings. The molecular formula is C20H24FN5O2. The molecule has 148 valence electrons. The summed E-state index contributed by atoms with van der Waals surface area (Å²) < 4.78 is 18.3. The number of nitrogens with one attached hydrogen (secondary N) is 4. The molecule has 1 aromatic carbocycles. The molecule has 3 aromatic rings. The topological polar surface area (TPSA) is 94.5 Å². The van der Waals surface area contributed by atoms with Crippen molar-refractivity contribution in [2.75, 3.05) is 26.2 Å². The van der Waals surface area contributed by atoms with E-state index in [0.717, 1.165) is 29.4 Å². The van der Waals surface area contributed by atoms with Gasteiger partial charge in [0.05, 0.1) is 6.26 Å². The number of carbonyl (C=O) groups excluding carboxylic acids is 1. The molecule has 0 saturated carbocycles. The van der Waals surface area contributed by atoms with Gasteiger partial charge in [-0.15, -0.1) is 0 Å². The van der Waals surface area contributed by atoms with Crippen LogP contribution in [-0.4, -0.2) is 43.0 Å². The summed E-state index contributed by atoms with van der Waals surface area (Å²) in [5.41, 5.74) is 1.89. The molecule has 1 amide bonds.